The van der Waals surface area contributed by atoms with Crippen molar-refractivity contribution in [1.82, 2.24) is 15.6 Å². The molecule has 19 heteroatoms. The summed E-state index contributed by atoms with van der Waals surface area (Å²) in [6.07, 6.45) is -12.7. The van der Waals surface area contributed by atoms with Crippen LogP contribution >= 0.6 is 21.6 Å². The SMILES string of the molecule is CC(=O)NC1C(OC(C)C)OC(CO)C(O)C1OC1OC(C(=O)NCCSSc2ncccc2[N+](=O)[O-])C(OC(C)C)C(O)C1O. The number of pyridine rings is 1. The molecule has 0 bridgehead atoms. The summed E-state index contributed by atoms with van der Waals surface area (Å²) in [5.74, 6) is -0.917. The van der Waals surface area contributed by atoms with Gasteiger partial charge in [-0.1, -0.05) is 10.8 Å². The summed E-state index contributed by atoms with van der Waals surface area (Å²) >= 11 is 0. The van der Waals surface area contributed by atoms with E-state index in [0.717, 1.165) is 10.8 Å². The second-order valence-corrected chi connectivity index (χ2v) is 13.5. The molecule has 0 spiro atoms. The van der Waals surface area contributed by atoms with Crippen molar-refractivity contribution in [2.45, 2.75) is 113 Å². The minimum Gasteiger partial charge on any atom is -0.394 e. The number of nitro groups is 1. The first-order chi connectivity index (χ1) is 21.7. The fraction of sp³-hybridized carbons (Fsp3) is 0.741. The molecule has 260 valence electrons. The minimum absolute atomic E-state index is 0.0885. The van der Waals surface area contributed by atoms with Gasteiger partial charge in [-0.05, 0) is 44.6 Å². The molecule has 1 aromatic heterocycles. The average molecular weight is 695 g/mol. The van der Waals surface area contributed by atoms with Crippen LogP contribution in [0.15, 0.2) is 23.4 Å². The monoisotopic (exact) mass is 694 g/mol. The highest BCUT2D eigenvalue weighted by molar-refractivity contribution is 8.76. The van der Waals surface area contributed by atoms with Gasteiger partial charge in [-0.2, -0.15) is 0 Å². The lowest BCUT2D eigenvalue weighted by Gasteiger charge is -2.48. The van der Waals surface area contributed by atoms with Crippen molar-refractivity contribution in [3.63, 3.8) is 0 Å². The molecule has 0 radical (unpaired) electrons. The van der Waals surface area contributed by atoms with Gasteiger partial charge in [0.15, 0.2) is 23.7 Å². The number of amides is 2. The quantitative estimate of drug-likeness (QED) is 0.0586. The molecular formula is C27H42N4O13S2. The van der Waals surface area contributed by atoms with Crippen LogP contribution in [-0.2, 0) is 33.3 Å². The second-order valence-electron chi connectivity index (χ2n) is 11.1. The van der Waals surface area contributed by atoms with Gasteiger partial charge in [0.1, 0.15) is 42.7 Å². The van der Waals surface area contributed by atoms with Crippen LogP contribution in [0.4, 0.5) is 5.69 Å². The van der Waals surface area contributed by atoms with Crippen LogP contribution in [0.2, 0.25) is 0 Å². The van der Waals surface area contributed by atoms with Gasteiger partial charge in [-0.25, -0.2) is 4.98 Å². The Balaban J connectivity index is 1.75. The lowest BCUT2D eigenvalue weighted by Crippen LogP contribution is -2.69. The molecule has 2 aliphatic rings. The van der Waals surface area contributed by atoms with E-state index in [1.807, 2.05) is 0 Å². The van der Waals surface area contributed by atoms with Crippen molar-refractivity contribution in [1.29, 1.82) is 0 Å². The van der Waals surface area contributed by atoms with Crippen molar-refractivity contribution in [2.75, 3.05) is 18.9 Å². The van der Waals surface area contributed by atoms with Gasteiger partial charge in [-0.15, -0.1) is 0 Å². The molecule has 17 nitrogen and oxygen atoms in total. The molecule has 0 aromatic carbocycles. The summed E-state index contributed by atoms with van der Waals surface area (Å²) in [6, 6.07) is 1.65. The summed E-state index contributed by atoms with van der Waals surface area (Å²) in [4.78, 5) is 40.1. The maximum atomic E-state index is 13.3. The van der Waals surface area contributed by atoms with Crippen molar-refractivity contribution in [3.8, 4) is 0 Å². The Hall–Kier alpha value is -2.17. The molecule has 2 amide bonds. The number of aromatic nitrogens is 1. The summed E-state index contributed by atoms with van der Waals surface area (Å²) in [7, 11) is 2.29. The van der Waals surface area contributed by atoms with Crippen LogP contribution in [0.3, 0.4) is 0 Å². The number of carbonyl (C=O) groups is 2. The smallest absolute Gasteiger partial charge is 0.302 e. The lowest BCUT2D eigenvalue weighted by atomic mass is 9.95. The molecule has 3 rings (SSSR count). The maximum Gasteiger partial charge on any atom is 0.302 e. The summed E-state index contributed by atoms with van der Waals surface area (Å²) in [5.41, 5.74) is -0.144. The van der Waals surface area contributed by atoms with E-state index in [4.69, 9.17) is 23.7 Å². The van der Waals surface area contributed by atoms with Crippen LogP contribution in [-0.4, -0.2) is 135 Å². The van der Waals surface area contributed by atoms with Crippen molar-refractivity contribution in [3.05, 3.63) is 28.4 Å². The van der Waals surface area contributed by atoms with E-state index in [1.54, 1.807) is 27.7 Å². The third-order valence-corrected chi connectivity index (χ3v) is 9.01. The molecule has 3 heterocycles. The Morgan fingerprint density at radius 3 is 2.37 bits per heavy atom. The molecule has 10 atom stereocenters. The van der Waals surface area contributed by atoms with Gasteiger partial charge in [-0.3, -0.25) is 19.7 Å². The number of aliphatic hydroxyl groups excluding tert-OH is 4. The predicted octanol–water partition coefficient (Wildman–Crippen LogP) is -0.520. The molecule has 2 aliphatic heterocycles. The van der Waals surface area contributed by atoms with E-state index >= 15 is 0 Å². The van der Waals surface area contributed by atoms with Gasteiger partial charge >= 0.3 is 5.69 Å². The standard InChI is InChI=1S/C27H42N4O13S2/c1-12(2)40-22-19(35)20(36)27(43-21-17(30-14(5)33)26(41-13(3)4)42-16(11-32)18(21)34)44-23(22)24(37)28-9-10-45-46-25-15(31(38)39)7-6-8-29-25/h6-8,12-13,16-23,26-27,32,34-36H,9-11H2,1-5H3,(H,28,37)(H,30,33). The molecule has 10 unspecified atom stereocenters. The fourth-order valence-corrected chi connectivity index (χ4v) is 6.72. The van der Waals surface area contributed by atoms with E-state index in [2.05, 4.69) is 15.6 Å². The summed E-state index contributed by atoms with van der Waals surface area (Å²) in [5, 5.41) is 59.6. The Morgan fingerprint density at radius 2 is 1.76 bits per heavy atom. The first-order valence-corrected chi connectivity index (χ1v) is 16.9. The lowest BCUT2D eigenvalue weighted by molar-refractivity contribution is -0.388. The van der Waals surface area contributed by atoms with Gasteiger partial charge in [0.2, 0.25) is 5.91 Å². The van der Waals surface area contributed by atoms with Crippen LogP contribution in [0.5, 0.6) is 0 Å². The average Bonchev–Trinajstić information content (AvgIpc) is 2.98. The summed E-state index contributed by atoms with van der Waals surface area (Å²) in [6.45, 7) is 7.44. The normalized spacial score (nSPS) is 31.5. The number of carbonyl (C=O) groups excluding carboxylic acids is 2. The number of hydrogen-bond donors (Lipinski definition) is 6. The number of nitrogens with zero attached hydrogens (tertiary/aromatic N) is 2. The molecule has 1 aromatic rings. The highest BCUT2D eigenvalue weighted by Crippen LogP contribution is 2.35. The largest absolute Gasteiger partial charge is 0.394 e. The minimum atomic E-state index is -1.76. The van der Waals surface area contributed by atoms with E-state index in [0.29, 0.717) is 5.75 Å². The van der Waals surface area contributed by atoms with Gasteiger partial charge in [0.05, 0.1) is 23.7 Å². The molecule has 0 aliphatic carbocycles. The van der Waals surface area contributed by atoms with E-state index in [9.17, 15) is 40.1 Å². The number of nitrogens with one attached hydrogen (secondary N) is 2. The zero-order chi connectivity index (χ0) is 34.1. The number of hydrogen-bond acceptors (Lipinski definition) is 16. The van der Waals surface area contributed by atoms with E-state index < -0.39 is 96.9 Å². The predicted molar refractivity (Wildman–Crippen MR) is 163 cm³/mol. The van der Waals surface area contributed by atoms with Crippen molar-refractivity contribution < 1.29 is 58.6 Å². The Labute approximate surface area is 273 Å². The van der Waals surface area contributed by atoms with Crippen LogP contribution in [0.1, 0.15) is 34.6 Å². The van der Waals surface area contributed by atoms with Gasteiger partial charge < -0.3 is 54.7 Å². The summed E-state index contributed by atoms with van der Waals surface area (Å²) < 4.78 is 29.0. The Kier molecular flexibility index (Phi) is 14.8. The zero-order valence-electron chi connectivity index (χ0n) is 26.0. The molecule has 2 fully saturated rings. The highest BCUT2D eigenvalue weighted by atomic mass is 33.1. The van der Waals surface area contributed by atoms with Gasteiger partial charge in [0.25, 0.3) is 5.91 Å². The number of aliphatic hydroxyl groups is 4. The Bertz CT molecular complexity index is 1170. The van der Waals surface area contributed by atoms with E-state index in [1.165, 1.54) is 36.0 Å². The third kappa shape index (κ3) is 10.2. The van der Waals surface area contributed by atoms with E-state index in [-0.39, 0.29) is 17.3 Å². The zero-order valence-corrected chi connectivity index (χ0v) is 27.6. The topological polar surface area (TPSA) is 241 Å². The molecular weight excluding hydrogens is 652 g/mol. The van der Waals surface area contributed by atoms with Crippen LogP contribution < -0.4 is 10.6 Å². The maximum absolute atomic E-state index is 13.3. The first kappa shape index (κ1) is 38.3. The highest BCUT2D eigenvalue weighted by Gasteiger charge is 2.53. The first-order valence-electron chi connectivity index (χ1n) is 14.6. The van der Waals surface area contributed by atoms with Gasteiger partial charge in [0, 0.05) is 31.5 Å². The molecule has 0 saturated carbocycles. The fourth-order valence-electron chi connectivity index (χ4n) is 4.78. The number of rotatable bonds is 15. The molecule has 2 saturated heterocycles. The molecule has 6 N–H and O–H groups in total. The van der Waals surface area contributed by atoms with Crippen molar-refractivity contribution in [2.24, 2.45) is 0 Å². The number of ether oxygens (including phenoxy) is 5. The second kappa shape index (κ2) is 17.8. The van der Waals surface area contributed by atoms with Crippen LogP contribution in [0.25, 0.3) is 0 Å². The Morgan fingerprint density at radius 1 is 1.07 bits per heavy atom. The third-order valence-electron chi connectivity index (χ3n) is 6.72. The van der Waals surface area contributed by atoms with Crippen LogP contribution in [0, 0.1) is 10.1 Å². The van der Waals surface area contributed by atoms with Crippen molar-refractivity contribution >= 4 is 39.1 Å². The molecule has 46 heavy (non-hydrogen) atoms.